The molecule has 0 unspecified atom stereocenters. The highest BCUT2D eigenvalue weighted by atomic mass is 79.9. The number of nitrogens with zero attached hydrogens (tertiary/aromatic N) is 1. The van der Waals surface area contributed by atoms with Gasteiger partial charge in [0.25, 0.3) is 5.91 Å². The summed E-state index contributed by atoms with van der Waals surface area (Å²) in [5.41, 5.74) is 2.57. The number of carbonyl (C=O) groups is 2. The highest BCUT2D eigenvalue weighted by molar-refractivity contribution is 9.10. The molecule has 1 saturated heterocycles. The van der Waals surface area contributed by atoms with E-state index < -0.39 is 6.04 Å². The van der Waals surface area contributed by atoms with Crippen molar-refractivity contribution in [2.24, 2.45) is 0 Å². The molecule has 1 heterocycles. The summed E-state index contributed by atoms with van der Waals surface area (Å²) in [6.07, 6.45) is 0.161. The lowest BCUT2D eigenvalue weighted by atomic mass is 10.2. The van der Waals surface area contributed by atoms with Crippen molar-refractivity contribution in [1.82, 2.24) is 0 Å². The van der Waals surface area contributed by atoms with Crippen LogP contribution in [0.3, 0.4) is 0 Å². The fourth-order valence-corrected chi connectivity index (χ4v) is 2.94. The van der Waals surface area contributed by atoms with Gasteiger partial charge in [0.05, 0.1) is 12.1 Å². The summed E-state index contributed by atoms with van der Waals surface area (Å²) in [5.74, 6) is -0.418. The monoisotopic (exact) mass is 358 g/mol. The van der Waals surface area contributed by atoms with Gasteiger partial charge < -0.3 is 5.32 Å². The summed E-state index contributed by atoms with van der Waals surface area (Å²) in [4.78, 5) is 26.0. The van der Waals surface area contributed by atoms with Gasteiger partial charge in [-0.05, 0) is 47.1 Å². The molecule has 0 spiro atoms. The first-order valence-electron chi connectivity index (χ1n) is 7.01. The van der Waals surface area contributed by atoms with Crippen molar-refractivity contribution < 1.29 is 9.59 Å². The van der Waals surface area contributed by atoms with Gasteiger partial charge in [0, 0.05) is 10.2 Å². The number of nitrogens with one attached hydrogen (secondary N) is 1. The summed E-state index contributed by atoms with van der Waals surface area (Å²) >= 11 is 3.39. The predicted molar refractivity (Wildman–Crippen MR) is 89.8 cm³/mol. The van der Waals surface area contributed by atoms with E-state index in [9.17, 15) is 9.59 Å². The number of carbonyl (C=O) groups excluding carboxylic acids is 2. The van der Waals surface area contributed by atoms with Crippen molar-refractivity contribution in [2.45, 2.75) is 19.4 Å². The van der Waals surface area contributed by atoms with Gasteiger partial charge in [0.1, 0.15) is 6.04 Å². The van der Waals surface area contributed by atoms with Crippen LogP contribution in [0.25, 0.3) is 0 Å². The van der Waals surface area contributed by atoms with E-state index in [0.29, 0.717) is 5.69 Å². The summed E-state index contributed by atoms with van der Waals surface area (Å²) in [7, 11) is 0. The number of aryl methyl sites for hydroxylation is 1. The first-order chi connectivity index (χ1) is 10.6. The number of hydrogen-bond acceptors (Lipinski definition) is 3. The van der Waals surface area contributed by atoms with Gasteiger partial charge in [-0.15, -0.1) is 0 Å². The summed E-state index contributed by atoms with van der Waals surface area (Å²) in [6, 6.07) is 14.5. The average molecular weight is 359 g/mol. The fraction of sp³-hybridized carbons (Fsp3) is 0.176. The second kappa shape index (κ2) is 5.93. The molecule has 2 amide bonds. The minimum Gasteiger partial charge on any atom is -0.373 e. The number of rotatable bonds is 3. The van der Waals surface area contributed by atoms with Crippen molar-refractivity contribution in [2.75, 3.05) is 10.2 Å². The lowest BCUT2D eigenvalue weighted by molar-refractivity contribution is -0.121. The zero-order valence-electron chi connectivity index (χ0n) is 12.0. The largest absolute Gasteiger partial charge is 0.373 e. The molecule has 1 fully saturated rings. The molecule has 0 saturated carbocycles. The third-order valence-electron chi connectivity index (χ3n) is 3.63. The topological polar surface area (TPSA) is 49.4 Å². The Hall–Kier alpha value is -2.14. The third-order valence-corrected chi connectivity index (χ3v) is 4.30. The van der Waals surface area contributed by atoms with Gasteiger partial charge in [0.15, 0.2) is 0 Å². The first-order valence-corrected chi connectivity index (χ1v) is 7.80. The second-order valence-electron chi connectivity index (χ2n) is 5.29. The molecule has 2 aromatic rings. The van der Waals surface area contributed by atoms with E-state index in [0.717, 1.165) is 15.7 Å². The first kappa shape index (κ1) is 14.8. The van der Waals surface area contributed by atoms with Crippen molar-refractivity contribution in [3.05, 3.63) is 58.6 Å². The van der Waals surface area contributed by atoms with Crippen molar-refractivity contribution in [3.8, 4) is 0 Å². The Labute approximate surface area is 137 Å². The zero-order chi connectivity index (χ0) is 15.7. The normalized spacial score (nSPS) is 17.9. The lowest BCUT2D eigenvalue weighted by Gasteiger charge is -2.17. The van der Waals surface area contributed by atoms with Gasteiger partial charge in [-0.3, -0.25) is 9.59 Å². The van der Waals surface area contributed by atoms with Gasteiger partial charge in [0.2, 0.25) is 5.91 Å². The van der Waals surface area contributed by atoms with Crippen LogP contribution in [0.15, 0.2) is 53.0 Å². The molecule has 1 aliphatic rings. The Morgan fingerprint density at radius 3 is 2.45 bits per heavy atom. The number of amides is 2. The predicted octanol–water partition coefficient (Wildman–Crippen LogP) is 3.50. The average Bonchev–Trinajstić information content (AvgIpc) is 2.77. The van der Waals surface area contributed by atoms with Crippen LogP contribution in [-0.4, -0.2) is 17.9 Å². The van der Waals surface area contributed by atoms with E-state index in [4.69, 9.17) is 0 Å². The molecule has 1 aliphatic heterocycles. The Balaban J connectivity index is 1.82. The SMILES string of the molecule is Cc1ccc(N[C@H]2CC(=O)N(c3ccccc3Br)C2=O)cc1. The van der Waals surface area contributed by atoms with Crippen LogP contribution in [0.1, 0.15) is 12.0 Å². The minimum absolute atomic E-state index is 0.161. The van der Waals surface area contributed by atoms with Crippen LogP contribution in [0, 0.1) is 6.92 Å². The molecule has 0 aromatic heterocycles. The van der Waals surface area contributed by atoms with E-state index >= 15 is 0 Å². The number of benzene rings is 2. The maximum atomic E-state index is 12.6. The van der Waals surface area contributed by atoms with E-state index in [1.54, 1.807) is 12.1 Å². The molecular weight excluding hydrogens is 344 g/mol. The number of anilines is 2. The number of imide groups is 1. The minimum atomic E-state index is -0.526. The standard InChI is InChI=1S/C17H15BrN2O2/c1-11-6-8-12(9-7-11)19-14-10-16(21)20(17(14)22)15-5-3-2-4-13(15)18/h2-9,14,19H,10H2,1H3/t14-/m0/s1. The number of hydrogen-bond donors (Lipinski definition) is 1. The summed E-state index contributed by atoms with van der Waals surface area (Å²) in [5, 5.41) is 3.14. The van der Waals surface area contributed by atoms with E-state index in [2.05, 4.69) is 21.2 Å². The Morgan fingerprint density at radius 1 is 1.09 bits per heavy atom. The van der Waals surface area contributed by atoms with Gasteiger partial charge >= 0.3 is 0 Å². The molecule has 4 nitrogen and oxygen atoms in total. The van der Waals surface area contributed by atoms with Crippen LogP contribution < -0.4 is 10.2 Å². The Morgan fingerprint density at radius 2 is 1.77 bits per heavy atom. The molecular formula is C17H15BrN2O2. The Kier molecular flexibility index (Phi) is 3.98. The molecule has 112 valence electrons. The van der Waals surface area contributed by atoms with Crippen LogP contribution in [0.2, 0.25) is 0 Å². The van der Waals surface area contributed by atoms with Gasteiger partial charge in [-0.25, -0.2) is 4.90 Å². The molecule has 3 rings (SSSR count). The molecule has 0 bridgehead atoms. The highest BCUT2D eigenvalue weighted by Gasteiger charge is 2.40. The number of para-hydroxylation sites is 1. The second-order valence-corrected chi connectivity index (χ2v) is 6.14. The van der Waals surface area contributed by atoms with E-state index in [1.165, 1.54) is 4.90 Å². The van der Waals surface area contributed by atoms with Crippen LogP contribution >= 0.6 is 15.9 Å². The maximum absolute atomic E-state index is 12.6. The summed E-state index contributed by atoms with van der Waals surface area (Å²) in [6.45, 7) is 2.00. The highest BCUT2D eigenvalue weighted by Crippen LogP contribution is 2.31. The zero-order valence-corrected chi connectivity index (χ0v) is 13.6. The van der Waals surface area contributed by atoms with E-state index in [-0.39, 0.29) is 18.2 Å². The fourth-order valence-electron chi connectivity index (χ4n) is 2.48. The van der Waals surface area contributed by atoms with Gasteiger partial charge in [-0.1, -0.05) is 29.8 Å². The molecule has 0 radical (unpaired) electrons. The van der Waals surface area contributed by atoms with Crippen molar-refractivity contribution >= 4 is 39.1 Å². The van der Waals surface area contributed by atoms with Crippen LogP contribution in [0.5, 0.6) is 0 Å². The third kappa shape index (κ3) is 2.76. The van der Waals surface area contributed by atoms with E-state index in [1.807, 2.05) is 43.3 Å². The van der Waals surface area contributed by atoms with Crippen molar-refractivity contribution in [3.63, 3.8) is 0 Å². The Bertz CT molecular complexity index is 728. The quantitative estimate of drug-likeness (QED) is 0.854. The molecule has 2 aromatic carbocycles. The van der Waals surface area contributed by atoms with Crippen LogP contribution in [0.4, 0.5) is 11.4 Å². The smallest absolute Gasteiger partial charge is 0.256 e. The maximum Gasteiger partial charge on any atom is 0.256 e. The molecule has 0 aliphatic carbocycles. The molecule has 22 heavy (non-hydrogen) atoms. The van der Waals surface area contributed by atoms with Crippen LogP contribution in [-0.2, 0) is 9.59 Å². The molecule has 1 atom stereocenters. The molecule has 1 N–H and O–H groups in total. The lowest BCUT2D eigenvalue weighted by Crippen LogP contribution is -2.35. The summed E-state index contributed by atoms with van der Waals surface area (Å²) < 4.78 is 0.729. The van der Waals surface area contributed by atoms with Crippen molar-refractivity contribution in [1.29, 1.82) is 0 Å². The van der Waals surface area contributed by atoms with Gasteiger partial charge in [-0.2, -0.15) is 0 Å². The molecule has 5 heteroatoms. The number of halogens is 1.